The molecule has 0 spiro atoms. The minimum atomic E-state index is 0.650. The van der Waals surface area contributed by atoms with Gasteiger partial charge in [-0.25, -0.2) is 0 Å². The monoisotopic (exact) mass is 207 g/mol. The van der Waals surface area contributed by atoms with Gasteiger partial charge in [-0.1, -0.05) is 5.92 Å². The first-order valence-corrected chi connectivity index (χ1v) is 3.33. The molecule has 1 nitrogen and oxygen atoms in total. The summed E-state index contributed by atoms with van der Waals surface area (Å²) in [5.74, 6) is 3.71. The standard InChI is InChI=1S/C5H6IN/c6-2-1-5-3-7-4-5/h5,7H,3-4H2. The Kier molecular flexibility index (Phi) is 1.95. The average Bonchev–Trinajstić information content (AvgIpc) is 1.55. The molecule has 0 aliphatic carbocycles. The fourth-order valence-corrected chi connectivity index (χ4v) is 0.908. The van der Waals surface area contributed by atoms with Gasteiger partial charge in [-0.2, -0.15) is 0 Å². The van der Waals surface area contributed by atoms with E-state index in [0.29, 0.717) is 5.92 Å². The molecule has 1 saturated heterocycles. The van der Waals surface area contributed by atoms with Crippen LogP contribution in [0.3, 0.4) is 0 Å². The molecule has 0 aromatic rings. The molecule has 1 N–H and O–H groups in total. The van der Waals surface area contributed by atoms with Crippen LogP contribution >= 0.6 is 22.6 Å². The Labute approximate surface area is 57.0 Å². The quantitative estimate of drug-likeness (QED) is 0.453. The summed E-state index contributed by atoms with van der Waals surface area (Å²) < 4.78 is 2.85. The van der Waals surface area contributed by atoms with Crippen LogP contribution in [0.15, 0.2) is 0 Å². The molecule has 0 unspecified atom stereocenters. The summed E-state index contributed by atoms with van der Waals surface area (Å²) in [5.41, 5.74) is 0. The zero-order valence-electron chi connectivity index (χ0n) is 3.87. The topological polar surface area (TPSA) is 12.0 Å². The van der Waals surface area contributed by atoms with E-state index in [1.54, 1.807) is 0 Å². The van der Waals surface area contributed by atoms with E-state index in [4.69, 9.17) is 0 Å². The van der Waals surface area contributed by atoms with Crippen LogP contribution < -0.4 is 5.32 Å². The van der Waals surface area contributed by atoms with Gasteiger partial charge in [0.1, 0.15) is 0 Å². The summed E-state index contributed by atoms with van der Waals surface area (Å²) in [6, 6.07) is 0. The van der Waals surface area contributed by atoms with Gasteiger partial charge >= 0.3 is 0 Å². The first-order chi connectivity index (χ1) is 3.43. The van der Waals surface area contributed by atoms with E-state index in [2.05, 4.69) is 37.8 Å². The van der Waals surface area contributed by atoms with E-state index in [1.165, 1.54) is 0 Å². The molecule has 1 fully saturated rings. The summed E-state index contributed by atoms with van der Waals surface area (Å²) in [7, 11) is 0. The van der Waals surface area contributed by atoms with E-state index < -0.39 is 0 Å². The van der Waals surface area contributed by atoms with E-state index >= 15 is 0 Å². The highest BCUT2D eigenvalue weighted by atomic mass is 127. The second-order valence-electron chi connectivity index (χ2n) is 1.59. The maximum Gasteiger partial charge on any atom is 0.0460 e. The molecule has 0 atom stereocenters. The minimum Gasteiger partial charge on any atom is -0.314 e. The highest BCUT2D eigenvalue weighted by Crippen LogP contribution is 1.99. The second kappa shape index (κ2) is 2.53. The molecular weight excluding hydrogens is 201 g/mol. The van der Waals surface area contributed by atoms with E-state index in [0.717, 1.165) is 13.1 Å². The number of hydrogen-bond donors (Lipinski definition) is 1. The van der Waals surface area contributed by atoms with Crippen molar-refractivity contribution in [2.24, 2.45) is 5.92 Å². The Balaban J connectivity index is 2.23. The van der Waals surface area contributed by atoms with Gasteiger partial charge in [0.05, 0.1) is 0 Å². The highest BCUT2D eigenvalue weighted by Gasteiger charge is 2.11. The molecule has 0 amide bonds. The summed E-state index contributed by atoms with van der Waals surface area (Å²) >= 11 is 2.07. The molecule has 7 heavy (non-hydrogen) atoms. The van der Waals surface area contributed by atoms with E-state index in [-0.39, 0.29) is 0 Å². The Hall–Kier alpha value is 0.250. The van der Waals surface area contributed by atoms with Crippen molar-refractivity contribution in [3.63, 3.8) is 0 Å². The molecule has 1 aliphatic heterocycles. The van der Waals surface area contributed by atoms with E-state index in [1.807, 2.05) is 0 Å². The van der Waals surface area contributed by atoms with Crippen molar-refractivity contribution < 1.29 is 0 Å². The summed E-state index contributed by atoms with van der Waals surface area (Å²) in [4.78, 5) is 0. The van der Waals surface area contributed by atoms with Crippen LogP contribution in [0.2, 0.25) is 0 Å². The lowest BCUT2D eigenvalue weighted by Gasteiger charge is -2.20. The maximum absolute atomic E-state index is 3.14. The molecule has 2 heteroatoms. The molecule has 0 saturated carbocycles. The number of hydrogen-bond acceptors (Lipinski definition) is 1. The van der Waals surface area contributed by atoms with Crippen molar-refractivity contribution in [1.29, 1.82) is 0 Å². The Bertz CT molecular complexity index is 107. The molecule has 1 heterocycles. The van der Waals surface area contributed by atoms with Crippen LogP contribution in [0.5, 0.6) is 0 Å². The minimum absolute atomic E-state index is 0.650. The van der Waals surface area contributed by atoms with Gasteiger partial charge in [-0.15, -0.1) is 0 Å². The largest absolute Gasteiger partial charge is 0.314 e. The normalized spacial score (nSPS) is 19.6. The first kappa shape index (κ1) is 5.39. The van der Waals surface area contributed by atoms with Crippen LogP contribution in [-0.4, -0.2) is 13.1 Å². The smallest absolute Gasteiger partial charge is 0.0460 e. The number of rotatable bonds is 0. The van der Waals surface area contributed by atoms with Crippen LogP contribution in [-0.2, 0) is 0 Å². The van der Waals surface area contributed by atoms with Crippen LogP contribution in [0.25, 0.3) is 0 Å². The molecule has 0 radical (unpaired) electrons. The SMILES string of the molecule is IC#CC1CNC1. The third-order valence-electron chi connectivity index (χ3n) is 1.04. The average molecular weight is 207 g/mol. The van der Waals surface area contributed by atoms with Crippen LogP contribution in [0.1, 0.15) is 0 Å². The van der Waals surface area contributed by atoms with E-state index in [9.17, 15) is 0 Å². The molecule has 38 valence electrons. The van der Waals surface area contributed by atoms with Crippen LogP contribution in [0, 0.1) is 15.8 Å². The lowest BCUT2D eigenvalue weighted by molar-refractivity contribution is 0.432. The lowest BCUT2D eigenvalue weighted by Crippen LogP contribution is -2.40. The molecule has 1 aliphatic rings. The van der Waals surface area contributed by atoms with Gasteiger partial charge in [-0.3, -0.25) is 0 Å². The highest BCUT2D eigenvalue weighted by molar-refractivity contribution is 14.1. The van der Waals surface area contributed by atoms with Crippen molar-refractivity contribution in [2.45, 2.75) is 0 Å². The van der Waals surface area contributed by atoms with Gasteiger partial charge in [0.15, 0.2) is 0 Å². The first-order valence-electron chi connectivity index (χ1n) is 2.25. The predicted molar refractivity (Wildman–Crippen MR) is 38.2 cm³/mol. The molecule has 0 aromatic carbocycles. The van der Waals surface area contributed by atoms with Crippen molar-refractivity contribution in [2.75, 3.05) is 13.1 Å². The number of nitrogens with one attached hydrogen (secondary N) is 1. The zero-order chi connectivity index (χ0) is 5.11. The Morgan fingerprint density at radius 3 is 2.43 bits per heavy atom. The van der Waals surface area contributed by atoms with Crippen molar-refractivity contribution in [3.05, 3.63) is 0 Å². The van der Waals surface area contributed by atoms with Crippen molar-refractivity contribution in [3.8, 4) is 9.85 Å². The molecule has 0 bridgehead atoms. The van der Waals surface area contributed by atoms with Gasteiger partial charge < -0.3 is 5.32 Å². The molecular formula is C5H6IN. The van der Waals surface area contributed by atoms with Crippen molar-refractivity contribution >= 4 is 22.6 Å². The van der Waals surface area contributed by atoms with Gasteiger partial charge in [0.2, 0.25) is 0 Å². The van der Waals surface area contributed by atoms with Gasteiger partial charge in [0, 0.05) is 41.6 Å². The maximum atomic E-state index is 3.14. The molecule has 1 rings (SSSR count). The molecule has 0 aromatic heterocycles. The second-order valence-corrected chi connectivity index (χ2v) is 2.13. The fraction of sp³-hybridized carbons (Fsp3) is 0.600. The predicted octanol–water partition coefficient (Wildman–Crippen LogP) is 0.602. The third-order valence-corrected chi connectivity index (χ3v) is 1.35. The summed E-state index contributed by atoms with van der Waals surface area (Å²) in [6.07, 6.45) is 0. The fourth-order valence-electron chi connectivity index (χ4n) is 0.468. The lowest BCUT2D eigenvalue weighted by atomic mass is 10.1. The third kappa shape index (κ3) is 1.32. The zero-order valence-corrected chi connectivity index (χ0v) is 6.03. The van der Waals surface area contributed by atoms with Gasteiger partial charge in [-0.05, 0) is 3.93 Å². The van der Waals surface area contributed by atoms with Crippen molar-refractivity contribution in [1.82, 2.24) is 5.32 Å². The summed E-state index contributed by atoms with van der Waals surface area (Å²) in [5, 5.41) is 3.14. The van der Waals surface area contributed by atoms with Gasteiger partial charge in [0.25, 0.3) is 0 Å². The Morgan fingerprint density at radius 1 is 1.57 bits per heavy atom. The Morgan fingerprint density at radius 2 is 2.29 bits per heavy atom. The summed E-state index contributed by atoms with van der Waals surface area (Å²) in [6.45, 7) is 2.19. The van der Waals surface area contributed by atoms with Crippen LogP contribution in [0.4, 0.5) is 0 Å². The number of halogens is 1.